The molecule has 0 aliphatic carbocycles. The normalized spacial score (nSPS) is 11.4. The highest BCUT2D eigenvalue weighted by atomic mass is 35.5. The van der Waals surface area contributed by atoms with Crippen molar-refractivity contribution in [2.75, 3.05) is 11.9 Å². The molecule has 0 saturated heterocycles. The number of carbonyl (C=O) groups excluding carboxylic acids is 1. The second-order valence-corrected chi connectivity index (χ2v) is 6.04. The van der Waals surface area contributed by atoms with Crippen molar-refractivity contribution in [2.24, 2.45) is 0 Å². The molecule has 1 amide bonds. The fraction of sp³-hybridized carbons (Fsp3) is 0.125. The number of nitrogens with zero attached hydrogens (tertiary/aromatic N) is 1. The third-order valence-corrected chi connectivity index (χ3v) is 4.27. The van der Waals surface area contributed by atoms with E-state index in [1.54, 1.807) is 14.0 Å². The third-order valence-electron chi connectivity index (χ3n) is 3.08. The molecule has 1 aromatic heterocycles. The largest absolute Gasteiger partial charge is 0.312 e. The highest BCUT2D eigenvalue weighted by molar-refractivity contribution is 7.12. The average Bonchev–Trinajstić information content (AvgIpc) is 3.02. The molecule has 0 unspecified atom stereocenters. The van der Waals surface area contributed by atoms with E-state index in [1.165, 1.54) is 40.5 Å². The molecule has 2 aromatic rings. The molecule has 1 aromatic carbocycles. The van der Waals surface area contributed by atoms with Gasteiger partial charge in [-0.05, 0) is 42.6 Å². The fourth-order valence-electron chi connectivity index (χ4n) is 1.86. The van der Waals surface area contributed by atoms with E-state index in [-0.39, 0.29) is 16.6 Å². The number of rotatable bonds is 4. The van der Waals surface area contributed by atoms with Gasteiger partial charge in [0.05, 0.1) is 15.6 Å². The highest BCUT2D eigenvalue weighted by Gasteiger charge is 2.15. The van der Waals surface area contributed by atoms with Gasteiger partial charge in [-0.15, -0.1) is 11.3 Å². The summed E-state index contributed by atoms with van der Waals surface area (Å²) in [6.45, 7) is 1.64. The topological polar surface area (TPSA) is 44.2 Å². The Hall–Kier alpha value is -1.98. The van der Waals surface area contributed by atoms with Crippen molar-refractivity contribution >= 4 is 40.2 Å². The molecule has 0 radical (unpaired) electrons. The quantitative estimate of drug-likeness (QED) is 0.647. The first-order chi connectivity index (χ1) is 10.4. The maximum Gasteiger partial charge on any atom is 0.253 e. The van der Waals surface area contributed by atoms with Crippen molar-refractivity contribution in [2.45, 2.75) is 6.92 Å². The molecule has 1 heterocycles. The van der Waals surface area contributed by atoms with Gasteiger partial charge in [-0.2, -0.15) is 0 Å². The Balaban J connectivity index is 2.19. The van der Waals surface area contributed by atoms with Crippen molar-refractivity contribution in [3.63, 3.8) is 0 Å². The van der Waals surface area contributed by atoms with Crippen molar-refractivity contribution in [1.29, 1.82) is 5.41 Å². The van der Waals surface area contributed by atoms with Crippen LogP contribution in [0.1, 0.15) is 11.8 Å². The second kappa shape index (κ2) is 6.85. The molecule has 3 nitrogen and oxygen atoms in total. The van der Waals surface area contributed by atoms with Gasteiger partial charge in [-0.1, -0.05) is 17.7 Å². The number of nitrogens with one attached hydrogen (secondary N) is 1. The zero-order valence-electron chi connectivity index (χ0n) is 12.1. The predicted octanol–water partition coefficient (Wildman–Crippen LogP) is 4.52. The van der Waals surface area contributed by atoms with E-state index in [2.05, 4.69) is 0 Å². The summed E-state index contributed by atoms with van der Waals surface area (Å²) in [5.74, 6) is -0.804. The first-order valence-electron chi connectivity index (χ1n) is 6.44. The van der Waals surface area contributed by atoms with Crippen LogP contribution in [0.4, 0.5) is 10.1 Å². The summed E-state index contributed by atoms with van der Waals surface area (Å²) in [6, 6.07) is 7.77. The summed E-state index contributed by atoms with van der Waals surface area (Å²) in [7, 11) is 1.58. The first kappa shape index (κ1) is 16.4. The van der Waals surface area contributed by atoms with Crippen LogP contribution in [0.3, 0.4) is 0 Å². The summed E-state index contributed by atoms with van der Waals surface area (Å²) >= 11 is 7.17. The first-order valence-corrected chi connectivity index (χ1v) is 7.69. The number of anilines is 1. The lowest BCUT2D eigenvalue weighted by atomic mass is 10.1. The molecule has 114 valence electrons. The van der Waals surface area contributed by atoms with E-state index in [9.17, 15) is 9.18 Å². The molecule has 2 rings (SSSR count). The van der Waals surface area contributed by atoms with Crippen LogP contribution in [-0.2, 0) is 4.79 Å². The fourth-order valence-corrected chi connectivity index (χ4v) is 2.68. The predicted molar refractivity (Wildman–Crippen MR) is 89.7 cm³/mol. The van der Waals surface area contributed by atoms with Crippen molar-refractivity contribution < 1.29 is 9.18 Å². The minimum absolute atomic E-state index is 0.0369. The van der Waals surface area contributed by atoms with Gasteiger partial charge in [-0.3, -0.25) is 10.2 Å². The lowest BCUT2D eigenvalue weighted by Crippen LogP contribution is -2.27. The number of thiophene rings is 1. The van der Waals surface area contributed by atoms with Gasteiger partial charge in [-0.25, -0.2) is 4.39 Å². The molecule has 1 N–H and O–H groups in total. The standard InChI is InChI=1S/C16H14ClFN2OS/c1-10(8-14(19)15-4-3-7-22-15)16(21)20(2)11-5-6-13(18)12(17)9-11/h3-9,19H,1-2H3/b10-8+,19-14?. The Bertz CT molecular complexity index is 741. The molecule has 0 bridgehead atoms. The summed E-state index contributed by atoms with van der Waals surface area (Å²) in [4.78, 5) is 14.5. The molecule has 0 saturated carbocycles. The van der Waals surface area contributed by atoms with Crippen LogP contribution in [0, 0.1) is 11.2 Å². The number of allylic oxidation sites excluding steroid dienone is 1. The average molecular weight is 337 g/mol. The maximum absolute atomic E-state index is 13.2. The highest BCUT2D eigenvalue weighted by Crippen LogP contribution is 2.23. The van der Waals surface area contributed by atoms with Crippen LogP contribution in [0.2, 0.25) is 5.02 Å². The number of benzene rings is 1. The Morgan fingerprint density at radius 2 is 2.14 bits per heavy atom. The van der Waals surface area contributed by atoms with Crippen LogP contribution in [-0.4, -0.2) is 18.7 Å². The smallest absolute Gasteiger partial charge is 0.253 e. The third kappa shape index (κ3) is 3.61. The number of carbonyl (C=O) groups is 1. The van der Waals surface area contributed by atoms with E-state index in [4.69, 9.17) is 17.0 Å². The molecule has 0 aliphatic heterocycles. The van der Waals surface area contributed by atoms with E-state index >= 15 is 0 Å². The molecule has 0 spiro atoms. The monoisotopic (exact) mass is 336 g/mol. The van der Waals surface area contributed by atoms with Gasteiger partial charge in [0.25, 0.3) is 5.91 Å². The van der Waals surface area contributed by atoms with Crippen LogP contribution in [0.15, 0.2) is 47.4 Å². The Labute approximate surface area is 137 Å². The Morgan fingerprint density at radius 1 is 1.41 bits per heavy atom. The van der Waals surface area contributed by atoms with Gasteiger partial charge >= 0.3 is 0 Å². The molecule has 0 aliphatic rings. The van der Waals surface area contributed by atoms with E-state index < -0.39 is 5.82 Å². The number of hydrogen-bond donors (Lipinski definition) is 1. The Morgan fingerprint density at radius 3 is 2.73 bits per heavy atom. The number of likely N-dealkylation sites (N-methyl/N-ethyl adjacent to an activating group) is 1. The molecular weight excluding hydrogens is 323 g/mol. The van der Waals surface area contributed by atoms with Crippen molar-refractivity contribution in [1.82, 2.24) is 0 Å². The van der Waals surface area contributed by atoms with Gasteiger partial charge < -0.3 is 4.90 Å². The lowest BCUT2D eigenvalue weighted by molar-refractivity contribution is -0.114. The molecule has 0 fully saturated rings. The van der Waals surface area contributed by atoms with Gasteiger partial charge in [0.15, 0.2) is 0 Å². The van der Waals surface area contributed by atoms with Gasteiger partial charge in [0.1, 0.15) is 5.82 Å². The van der Waals surface area contributed by atoms with Crippen LogP contribution in [0.25, 0.3) is 0 Å². The summed E-state index contributed by atoms with van der Waals surface area (Å²) < 4.78 is 13.2. The van der Waals surface area contributed by atoms with E-state index in [1.807, 2.05) is 17.5 Å². The minimum atomic E-state index is -0.530. The van der Waals surface area contributed by atoms with Crippen molar-refractivity contribution in [3.8, 4) is 0 Å². The van der Waals surface area contributed by atoms with E-state index in [0.717, 1.165) is 4.88 Å². The van der Waals surface area contributed by atoms with Crippen molar-refractivity contribution in [3.05, 3.63) is 63.1 Å². The molecular formula is C16H14ClFN2OS. The zero-order chi connectivity index (χ0) is 16.3. The number of amides is 1. The summed E-state index contributed by atoms with van der Waals surface area (Å²) in [5.41, 5.74) is 1.19. The second-order valence-electron chi connectivity index (χ2n) is 4.68. The lowest BCUT2D eigenvalue weighted by Gasteiger charge is -2.18. The summed E-state index contributed by atoms with van der Waals surface area (Å²) in [5, 5.41) is 9.81. The minimum Gasteiger partial charge on any atom is -0.312 e. The van der Waals surface area contributed by atoms with Gasteiger partial charge in [0, 0.05) is 18.3 Å². The maximum atomic E-state index is 13.2. The molecule has 22 heavy (non-hydrogen) atoms. The van der Waals surface area contributed by atoms with Gasteiger partial charge in [0.2, 0.25) is 0 Å². The number of hydrogen-bond acceptors (Lipinski definition) is 3. The molecule has 6 heteroatoms. The Kier molecular flexibility index (Phi) is 5.11. The summed E-state index contributed by atoms with van der Waals surface area (Å²) in [6.07, 6.45) is 1.52. The molecule has 0 atom stereocenters. The van der Waals surface area contributed by atoms with E-state index in [0.29, 0.717) is 11.3 Å². The van der Waals surface area contributed by atoms with Crippen LogP contribution >= 0.6 is 22.9 Å². The van der Waals surface area contributed by atoms with Crippen LogP contribution in [0.5, 0.6) is 0 Å². The van der Waals surface area contributed by atoms with Crippen LogP contribution < -0.4 is 4.90 Å². The number of halogens is 2. The zero-order valence-corrected chi connectivity index (χ0v) is 13.6. The SMILES string of the molecule is C/C(=C\C(=N)c1cccs1)C(=O)N(C)c1ccc(F)c(Cl)c1.